The van der Waals surface area contributed by atoms with Gasteiger partial charge in [0.05, 0.1) is 27.7 Å². The Morgan fingerprint density at radius 3 is 2.41 bits per heavy atom. The predicted octanol–water partition coefficient (Wildman–Crippen LogP) is 9.20. The lowest BCUT2D eigenvalue weighted by molar-refractivity contribution is 0.163. The molecule has 0 saturated carbocycles. The first kappa shape index (κ1) is 27.4. The van der Waals surface area contributed by atoms with Gasteiger partial charge in [0.1, 0.15) is 0 Å². The summed E-state index contributed by atoms with van der Waals surface area (Å²) in [7, 11) is 0. The lowest BCUT2D eigenvalue weighted by Gasteiger charge is -2.36. The van der Waals surface area contributed by atoms with Gasteiger partial charge in [-0.15, -0.1) is 0 Å². The van der Waals surface area contributed by atoms with Crippen molar-refractivity contribution in [1.29, 1.82) is 0 Å². The van der Waals surface area contributed by atoms with Gasteiger partial charge in [0.25, 0.3) is 0 Å². The van der Waals surface area contributed by atoms with Crippen molar-refractivity contribution in [1.82, 2.24) is 14.9 Å². The van der Waals surface area contributed by atoms with E-state index in [1.807, 2.05) is 24.3 Å². The zero-order valence-electron chi connectivity index (χ0n) is 22.7. The highest BCUT2D eigenvalue weighted by Gasteiger charge is 2.28. The number of hydrogen-bond acceptors (Lipinski definition) is 3. The third-order valence-corrected chi connectivity index (χ3v) is 8.83. The van der Waals surface area contributed by atoms with Gasteiger partial charge in [-0.1, -0.05) is 96.0 Å². The quantitative estimate of drug-likeness (QED) is 0.180. The van der Waals surface area contributed by atoms with Gasteiger partial charge in [0, 0.05) is 19.0 Å². The first-order chi connectivity index (χ1) is 20.1. The molecule has 6 rings (SSSR count). The van der Waals surface area contributed by atoms with Crippen LogP contribution in [0.5, 0.6) is 0 Å². The molecular weight excluding hydrogens is 549 g/mol. The molecule has 2 heterocycles. The minimum Gasteiger partial charge on any atom is -0.355 e. The number of anilines is 1. The monoisotopic (exact) mass is 579 g/mol. The third kappa shape index (κ3) is 6.41. The molecule has 0 bridgehead atoms. The number of H-pyrrole nitrogens is 1. The molecule has 1 saturated heterocycles. The molecule has 0 aliphatic carbocycles. The number of aromatic amines is 1. The summed E-state index contributed by atoms with van der Waals surface area (Å²) in [4.78, 5) is 14.2. The minimum absolute atomic E-state index is 0.317. The van der Waals surface area contributed by atoms with Crippen LogP contribution in [0.1, 0.15) is 29.9 Å². The maximum atomic E-state index is 7.35. The van der Waals surface area contributed by atoms with Crippen LogP contribution >= 0.6 is 23.2 Å². The number of hydrogen-bond donors (Lipinski definition) is 2. The van der Waals surface area contributed by atoms with Crippen molar-refractivity contribution in [3.8, 4) is 11.1 Å². The van der Waals surface area contributed by atoms with E-state index in [0.29, 0.717) is 27.6 Å². The van der Waals surface area contributed by atoms with Crippen molar-refractivity contribution < 1.29 is 0 Å². The third-order valence-electron chi connectivity index (χ3n) is 8.11. The van der Waals surface area contributed by atoms with E-state index in [0.717, 1.165) is 67.1 Å². The number of benzene rings is 4. The Hall–Kier alpha value is -3.82. The summed E-state index contributed by atoms with van der Waals surface area (Å²) in [5.41, 5.74) is 7.17. The number of rotatable bonds is 8. The lowest BCUT2D eigenvalue weighted by atomic mass is 9.79. The molecule has 1 aromatic heterocycles. The van der Waals surface area contributed by atoms with E-state index in [1.165, 1.54) is 11.1 Å². The van der Waals surface area contributed by atoms with Crippen molar-refractivity contribution in [2.45, 2.75) is 25.3 Å². The van der Waals surface area contributed by atoms with Gasteiger partial charge < -0.3 is 10.3 Å². The number of halogens is 2. The topological polar surface area (TPSA) is 48.3 Å². The second-order valence-electron chi connectivity index (χ2n) is 10.7. The highest BCUT2D eigenvalue weighted by atomic mass is 35.5. The SMILES string of the molecule is [C-]#[N+]c1cccc(-c2ccc(C(CNc3nc4cc(Cl)c(Cl)cc4[nH]3)C3CCN(Cc4ccccc4)CC3)cc2)c1. The van der Waals surface area contributed by atoms with Crippen molar-refractivity contribution >= 4 is 45.9 Å². The highest BCUT2D eigenvalue weighted by Crippen LogP contribution is 2.35. The van der Waals surface area contributed by atoms with Crippen LogP contribution in [0.2, 0.25) is 10.0 Å². The van der Waals surface area contributed by atoms with Gasteiger partial charge in [-0.3, -0.25) is 4.90 Å². The molecule has 206 valence electrons. The molecule has 0 spiro atoms. The summed E-state index contributed by atoms with van der Waals surface area (Å²) in [6.45, 7) is 11.3. The number of nitrogens with one attached hydrogen (secondary N) is 2. The van der Waals surface area contributed by atoms with Crippen LogP contribution in [0.3, 0.4) is 0 Å². The molecule has 7 heteroatoms. The fourth-order valence-electron chi connectivity index (χ4n) is 5.88. The number of fused-ring (bicyclic) bond motifs is 1. The molecule has 1 atom stereocenters. The first-order valence-electron chi connectivity index (χ1n) is 14.0. The molecule has 1 unspecified atom stereocenters. The largest absolute Gasteiger partial charge is 0.355 e. The fourth-order valence-corrected chi connectivity index (χ4v) is 6.21. The lowest BCUT2D eigenvalue weighted by Crippen LogP contribution is -2.36. The molecule has 0 amide bonds. The maximum absolute atomic E-state index is 7.35. The Balaban J connectivity index is 1.21. The van der Waals surface area contributed by atoms with Gasteiger partial charge in [0.2, 0.25) is 5.95 Å². The second-order valence-corrected chi connectivity index (χ2v) is 11.6. The number of piperidine rings is 1. The molecule has 5 aromatic rings. The van der Waals surface area contributed by atoms with Crippen molar-refractivity contribution in [3.05, 3.63) is 124 Å². The van der Waals surface area contributed by atoms with Crippen LogP contribution < -0.4 is 5.32 Å². The van der Waals surface area contributed by atoms with E-state index in [9.17, 15) is 0 Å². The number of imidazole rings is 1. The van der Waals surface area contributed by atoms with E-state index in [-0.39, 0.29) is 0 Å². The van der Waals surface area contributed by atoms with E-state index >= 15 is 0 Å². The molecule has 2 N–H and O–H groups in total. The zero-order chi connectivity index (χ0) is 28.2. The van der Waals surface area contributed by atoms with E-state index in [1.54, 1.807) is 6.07 Å². The minimum atomic E-state index is 0.317. The zero-order valence-corrected chi connectivity index (χ0v) is 24.2. The van der Waals surface area contributed by atoms with Crippen LogP contribution in [0.15, 0.2) is 91.0 Å². The van der Waals surface area contributed by atoms with Crippen LogP contribution in [0.25, 0.3) is 27.0 Å². The van der Waals surface area contributed by atoms with Crippen molar-refractivity contribution in [2.24, 2.45) is 5.92 Å². The summed E-state index contributed by atoms with van der Waals surface area (Å²) in [6.07, 6.45) is 2.28. The normalized spacial score (nSPS) is 15.0. The van der Waals surface area contributed by atoms with Gasteiger partial charge in [0.15, 0.2) is 5.69 Å². The first-order valence-corrected chi connectivity index (χ1v) is 14.7. The maximum Gasteiger partial charge on any atom is 0.201 e. The summed E-state index contributed by atoms with van der Waals surface area (Å²) in [5.74, 6) is 1.58. The predicted molar refractivity (Wildman–Crippen MR) is 170 cm³/mol. The Kier molecular flexibility index (Phi) is 8.25. The standard InChI is InChI=1S/C34H31Cl2N5/c1-37-28-9-5-8-27(18-28)24-10-12-25(13-11-24)29(21-38-34-39-32-19-30(35)31(36)20-33(32)40-34)26-14-16-41(17-15-26)22-23-6-3-2-4-7-23/h2-13,18-20,26,29H,14-17,21-22H2,(H2,38,39,40). The Bertz CT molecular complexity index is 1630. The van der Waals surface area contributed by atoms with Crippen molar-refractivity contribution in [3.63, 3.8) is 0 Å². The van der Waals surface area contributed by atoms with E-state index in [2.05, 4.69) is 80.7 Å². The Morgan fingerprint density at radius 1 is 0.902 bits per heavy atom. The average molecular weight is 581 g/mol. The van der Waals surface area contributed by atoms with Crippen molar-refractivity contribution in [2.75, 3.05) is 25.0 Å². The molecule has 0 radical (unpaired) electrons. The summed E-state index contributed by atoms with van der Waals surface area (Å²) >= 11 is 12.4. The van der Waals surface area contributed by atoms with Crippen LogP contribution in [-0.4, -0.2) is 34.5 Å². The average Bonchev–Trinajstić information content (AvgIpc) is 3.40. The van der Waals surface area contributed by atoms with Gasteiger partial charge in [-0.05, 0) is 72.3 Å². The smallest absolute Gasteiger partial charge is 0.201 e. The van der Waals surface area contributed by atoms with Gasteiger partial charge in [-0.25, -0.2) is 9.83 Å². The fraction of sp³-hybridized carbons (Fsp3) is 0.235. The molecule has 1 aliphatic heterocycles. The second kappa shape index (κ2) is 12.4. The van der Waals surface area contributed by atoms with Crippen LogP contribution in [0, 0.1) is 12.5 Å². The van der Waals surface area contributed by atoms with Gasteiger partial charge >= 0.3 is 0 Å². The van der Waals surface area contributed by atoms with E-state index < -0.39 is 0 Å². The Morgan fingerprint density at radius 2 is 1.66 bits per heavy atom. The van der Waals surface area contributed by atoms with Gasteiger partial charge in [-0.2, -0.15) is 0 Å². The number of aromatic nitrogens is 2. The van der Waals surface area contributed by atoms with Crippen LogP contribution in [-0.2, 0) is 6.54 Å². The van der Waals surface area contributed by atoms with Crippen LogP contribution in [0.4, 0.5) is 11.6 Å². The summed E-state index contributed by atoms with van der Waals surface area (Å²) in [5, 5.41) is 4.59. The number of likely N-dealkylation sites (tertiary alicyclic amines) is 1. The van der Waals surface area contributed by atoms with E-state index in [4.69, 9.17) is 34.8 Å². The molecule has 4 aromatic carbocycles. The summed E-state index contributed by atoms with van der Waals surface area (Å²) in [6, 6.07) is 31.0. The molecule has 1 fully saturated rings. The summed E-state index contributed by atoms with van der Waals surface area (Å²) < 4.78 is 0. The number of nitrogens with zero attached hydrogens (tertiary/aromatic N) is 3. The molecule has 41 heavy (non-hydrogen) atoms. The highest BCUT2D eigenvalue weighted by molar-refractivity contribution is 6.42. The molecular formula is C34H31Cl2N5. The molecule has 1 aliphatic rings. The Labute approximate surface area is 251 Å². The molecule has 5 nitrogen and oxygen atoms in total.